The molecule has 0 bridgehead atoms. The first-order valence-electron chi connectivity index (χ1n) is 5.58. The van der Waals surface area contributed by atoms with Crippen LogP contribution in [-0.2, 0) is 5.75 Å². The van der Waals surface area contributed by atoms with E-state index in [0.717, 1.165) is 18.7 Å². The van der Waals surface area contributed by atoms with Gasteiger partial charge in [-0.15, -0.1) is 0 Å². The fourth-order valence-electron chi connectivity index (χ4n) is 1.24. The monoisotopic (exact) mass is 284 g/mol. The van der Waals surface area contributed by atoms with Gasteiger partial charge in [-0.3, -0.25) is 0 Å². The molecule has 0 aliphatic heterocycles. The number of nitrogens with one attached hydrogen (secondary N) is 1. The Kier molecular flexibility index (Phi) is 4.83. The van der Waals surface area contributed by atoms with Gasteiger partial charge < -0.3 is 9.73 Å². The fourth-order valence-corrected chi connectivity index (χ4v) is 2.19. The summed E-state index contributed by atoms with van der Waals surface area (Å²) in [6, 6.07) is 3.76. The van der Waals surface area contributed by atoms with Gasteiger partial charge in [-0.25, -0.2) is 0 Å². The van der Waals surface area contributed by atoms with Crippen molar-refractivity contribution in [3.63, 3.8) is 0 Å². The summed E-state index contributed by atoms with van der Waals surface area (Å²) in [5.41, 5.74) is 0. The van der Waals surface area contributed by atoms with Crippen molar-refractivity contribution in [3.05, 3.63) is 29.4 Å². The Morgan fingerprint density at radius 2 is 2.28 bits per heavy atom. The summed E-state index contributed by atoms with van der Waals surface area (Å²) in [6.07, 6.45) is 2.64. The second kappa shape index (κ2) is 6.61. The average molecular weight is 285 g/mol. The molecule has 96 valence electrons. The van der Waals surface area contributed by atoms with Crippen molar-refractivity contribution >= 4 is 29.3 Å². The van der Waals surface area contributed by atoms with Crippen LogP contribution in [0.4, 0.5) is 5.95 Å². The van der Waals surface area contributed by atoms with Crippen LogP contribution < -0.4 is 5.32 Å². The largest absolute Gasteiger partial charge is 0.468 e. The molecule has 0 aromatic carbocycles. The molecule has 0 aliphatic rings. The molecule has 2 aromatic rings. The molecule has 18 heavy (non-hydrogen) atoms. The zero-order valence-electron chi connectivity index (χ0n) is 9.89. The first kappa shape index (κ1) is 13.2. The van der Waals surface area contributed by atoms with E-state index in [-0.39, 0.29) is 5.28 Å². The standard InChI is InChI=1S/C11H13ClN4OS/c1-2-5-13-10-14-9(12)15-11(16-10)18-7-8-4-3-6-17-8/h3-4,6H,2,5,7H2,1H3,(H,13,14,15,16). The molecule has 2 heterocycles. The van der Waals surface area contributed by atoms with Gasteiger partial charge in [0.2, 0.25) is 11.2 Å². The molecule has 1 N–H and O–H groups in total. The van der Waals surface area contributed by atoms with Gasteiger partial charge in [-0.05, 0) is 30.2 Å². The molecular formula is C11H13ClN4OS. The fraction of sp³-hybridized carbons (Fsp3) is 0.364. The Bertz CT molecular complexity index is 492. The van der Waals surface area contributed by atoms with Gasteiger partial charge in [0.1, 0.15) is 5.76 Å². The maximum atomic E-state index is 5.85. The van der Waals surface area contributed by atoms with Crippen LogP contribution in [0.2, 0.25) is 5.28 Å². The summed E-state index contributed by atoms with van der Waals surface area (Å²) >= 11 is 7.31. The van der Waals surface area contributed by atoms with Crippen LogP contribution in [0.5, 0.6) is 0 Å². The Morgan fingerprint density at radius 1 is 1.39 bits per heavy atom. The third-order valence-electron chi connectivity index (χ3n) is 2.04. The minimum Gasteiger partial charge on any atom is -0.468 e. The molecule has 2 aromatic heterocycles. The highest BCUT2D eigenvalue weighted by Gasteiger charge is 2.06. The smallest absolute Gasteiger partial charge is 0.228 e. The lowest BCUT2D eigenvalue weighted by Crippen LogP contribution is -2.06. The Labute approximate surface area is 114 Å². The molecule has 0 spiro atoms. The molecule has 0 aliphatic carbocycles. The molecule has 0 unspecified atom stereocenters. The predicted molar refractivity (Wildman–Crippen MR) is 71.9 cm³/mol. The molecule has 0 atom stereocenters. The average Bonchev–Trinajstić information content (AvgIpc) is 2.86. The topological polar surface area (TPSA) is 63.8 Å². The Hall–Kier alpha value is -1.27. The normalized spacial score (nSPS) is 10.6. The van der Waals surface area contributed by atoms with E-state index >= 15 is 0 Å². The molecule has 5 nitrogen and oxygen atoms in total. The minimum atomic E-state index is 0.200. The number of hydrogen-bond acceptors (Lipinski definition) is 6. The van der Waals surface area contributed by atoms with E-state index < -0.39 is 0 Å². The van der Waals surface area contributed by atoms with E-state index in [1.807, 2.05) is 12.1 Å². The van der Waals surface area contributed by atoms with Gasteiger partial charge in [-0.1, -0.05) is 18.7 Å². The zero-order valence-corrected chi connectivity index (χ0v) is 11.5. The molecule has 2 rings (SSSR count). The SMILES string of the molecule is CCCNc1nc(Cl)nc(SCc2ccco2)n1. The second-order valence-electron chi connectivity index (χ2n) is 3.51. The number of thioether (sulfide) groups is 1. The lowest BCUT2D eigenvalue weighted by molar-refractivity contribution is 0.530. The maximum absolute atomic E-state index is 5.85. The lowest BCUT2D eigenvalue weighted by Gasteiger charge is -2.04. The molecule has 0 saturated carbocycles. The van der Waals surface area contributed by atoms with E-state index in [1.54, 1.807) is 6.26 Å². The Morgan fingerprint density at radius 3 is 3.00 bits per heavy atom. The highest BCUT2D eigenvalue weighted by atomic mass is 35.5. The number of rotatable bonds is 6. The highest BCUT2D eigenvalue weighted by Crippen LogP contribution is 2.21. The summed E-state index contributed by atoms with van der Waals surface area (Å²) in [7, 11) is 0. The van der Waals surface area contributed by atoms with E-state index in [9.17, 15) is 0 Å². The molecule has 0 amide bonds. The van der Waals surface area contributed by atoms with Crippen LogP contribution >= 0.6 is 23.4 Å². The Balaban J connectivity index is 2.00. The highest BCUT2D eigenvalue weighted by molar-refractivity contribution is 7.98. The van der Waals surface area contributed by atoms with Crippen LogP contribution in [0.25, 0.3) is 0 Å². The van der Waals surface area contributed by atoms with Crippen molar-refractivity contribution in [2.24, 2.45) is 0 Å². The number of halogens is 1. The van der Waals surface area contributed by atoms with E-state index in [0.29, 0.717) is 16.9 Å². The van der Waals surface area contributed by atoms with Crippen molar-refractivity contribution in [2.75, 3.05) is 11.9 Å². The van der Waals surface area contributed by atoms with E-state index in [4.69, 9.17) is 16.0 Å². The van der Waals surface area contributed by atoms with Gasteiger partial charge in [0, 0.05) is 6.54 Å². The van der Waals surface area contributed by atoms with Gasteiger partial charge in [0.05, 0.1) is 12.0 Å². The first-order chi connectivity index (χ1) is 8.78. The van der Waals surface area contributed by atoms with Crippen LogP contribution in [0.1, 0.15) is 19.1 Å². The van der Waals surface area contributed by atoms with Crippen molar-refractivity contribution in [3.8, 4) is 0 Å². The summed E-state index contributed by atoms with van der Waals surface area (Å²) < 4.78 is 5.24. The van der Waals surface area contributed by atoms with Crippen molar-refractivity contribution in [2.45, 2.75) is 24.3 Å². The lowest BCUT2D eigenvalue weighted by atomic mass is 10.5. The third-order valence-corrected chi connectivity index (χ3v) is 3.08. The van der Waals surface area contributed by atoms with Gasteiger partial charge in [0.25, 0.3) is 0 Å². The zero-order chi connectivity index (χ0) is 12.8. The minimum absolute atomic E-state index is 0.200. The number of anilines is 1. The van der Waals surface area contributed by atoms with E-state index in [1.165, 1.54) is 11.8 Å². The first-order valence-corrected chi connectivity index (χ1v) is 6.95. The molecule has 0 saturated heterocycles. The van der Waals surface area contributed by atoms with Crippen LogP contribution in [-0.4, -0.2) is 21.5 Å². The maximum Gasteiger partial charge on any atom is 0.228 e. The molecule has 0 radical (unpaired) electrons. The van der Waals surface area contributed by atoms with Crippen LogP contribution in [0.15, 0.2) is 28.0 Å². The summed E-state index contributed by atoms with van der Waals surface area (Å²) in [5, 5.41) is 3.87. The van der Waals surface area contributed by atoms with E-state index in [2.05, 4.69) is 27.2 Å². The van der Waals surface area contributed by atoms with Crippen LogP contribution in [0, 0.1) is 0 Å². The summed E-state index contributed by atoms with van der Waals surface area (Å²) in [6.45, 7) is 2.88. The van der Waals surface area contributed by atoms with Gasteiger partial charge in [0.15, 0.2) is 5.16 Å². The summed E-state index contributed by atoms with van der Waals surface area (Å²) in [4.78, 5) is 12.4. The number of hydrogen-bond donors (Lipinski definition) is 1. The quantitative estimate of drug-likeness (QED) is 0.822. The summed E-state index contributed by atoms with van der Waals surface area (Å²) in [5.74, 6) is 2.05. The second-order valence-corrected chi connectivity index (χ2v) is 4.79. The number of nitrogens with zero attached hydrogens (tertiary/aromatic N) is 3. The van der Waals surface area contributed by atoms with Crippen molar-refractivity contribution < 1.29 is 4.42 Å². The molecule has 0 fully saturated rings. The van der Waals surface area contributed by atoms with Crippen molar-refractivity contribution in [1.29, 1.82) is 0 Å². The number of furan rings is 1. The third kappa shape index (κ3) is 3.89. The van der Waals surface area contributed by atoms with Gasteiger partial charge >= 0.3 is 0 Å². The molecular weight excluding hydrogens is 272 g/mol. The van der Waals surface area contributed by atoms with Gasteiger partial charge in [-0.2, -0.15) is 15.0 Å². The number of aromatic nitrogens is 3. The van der Waals surface area contributed by atoms with Crippen LogP contribution in [0.3, 0.4) is 0 Å². The van der Waals surface area contributed by atoms with Crippen molar-refractivity contribution in [1.82, 2.24) is 15.0 Å². The predicted octanol–water partition coefficient (Wildman–Crippen LogP) is 3.23. The molecule has 7 heteroatoms.